The van der Waals surface area contributed by atoms with Crippen molar-refractivity contribution in [1.29, 1.82) is 0 Å². The fraction of sp³-hybridized carbons (Fsp3) is 0. The number of thiophene rings is 5. The van der Waals surface area contributed by atoms with Gasteiger partial charge in [-0.2, -0.15) is 0 Å². The van der Waals surface area contributed by atoms with Crippen LogP contribution in [0.2, 0.25) is 0 Å². The van der Waals surface area contributed by atoms with Crippen LogP contribution >= 0.6 is 56.7 Å². The van der Waals surface area contributed by atoms with Crippen molar-refractivity contribution in [3.8, 4) is 11.5 Å². The summed E-state index contributed by atoms with van der Waals surface area (Å²) in [4.78, 5) is 12.9. The van der Waals surface area contributed by atoms with Crippen LogP contribution in [0, 0.1) is 0 Å². The van der Waals surface area contributed by atoms with E-state index in [0.29, 0.717) is 0 Å². The number of benzene rings is 17. The van der Waals surface area contributed by atoms with E-state index in [2.05, 4.69) is 382 Å². The first-order valence-electron chi connectivity index (χ1n) is 39.1. The second kappa shape index (κ2) is 24.6. The van der Waals surface area contributed by atoms with Gasteiger partial charge in [-0.15, -0.1) is 56.7 Å². The van der Waals surface area contributed by atoms with E-state index in [0.717, 1.165) is 108 Å². The SMILES string of the molecule is c1ccc(N(c2cc3c4c(c2)N(c2cccc5c2sc2ccccc25)c2ccccc2B4c2cc4c(cc2O3)N(c2cccc3c2sc2ccccc23)c2cc(N(c3ccccc3)c3cccc5c3sc3ccccc35)cc3c2B4c2ccccc2N3c2cccc3c2sc2ccccc23)c2cccc3c2sc2ccccc23)cc1. The zero-order valence-electron chi connectivity index (χ0n) is 61.4. The van der Waals surface area contributed by atoms with Crippen LogP contribution in [0.1, 0.15) is 0 Å². The van der Waals surface area contributed by atoms with Gasteiger partial charge in [0.1, 0.15) is 11.5 Å². The Morgan fingerprint density at radius 1 is 0.209 bits per heavy atom. The average molecular weight is 1550 g/mol. The van der Waals surface area contributed by atoms with E-state index in [-0.39, 0.29) is 13.4 Å². The van der Waals surface area contributed by atoms with Gasteiger partial charge in [-0.3, -0.25) is 0 Å². The minimum atomic E-state index is -0.266. The Balaban J connectivity index is 0.778. The zero-order valence-corrected chi connectivity index (χ0v) is 65.5. The van der Waals surface area contributed by atoms with Gasteiger partial charge in [0, 0.05) is 135 Å². The second-order valence-corrected chi connectivity index (χ2v) is 35.7. The molecule has 22 aromatic rings. The largest absolute Gasteiger partial charge is 0.458 e. The second-order valence-electron chi connectivity index (χ2n) is 30.4. The number of ether oxygens (including phenoxy) is 1. The minimum Gasteiger partial charge on any atom is -0.458 e. The molecule has 0 spiro atoms. The van der Waals surface area contributed by atoms with Gasteiger partial charge in [-0.1, -0.05) is 231 Å². The van der Waals surface area contributed by atoms with Gasteiger partial charge in [-0.05, 0) is 148 Å². The quantitative estimate of drug-likeness (QED) is 0.134. The Hall–Kier alpha value is -13.2. The van der Waals surface area contributed by atoms with E-state index in [9.17, 15) is 0 Å². The number of fused-ring (bicyclic) bond motifs is 23. The first-order chi connectivity index (χ1) is 57.1. The third-order valence-electron chi connectivity index (χ3n) is 24.4. The van der Waals surface area contributed by atoms with Crippen LogP contribution in [0.25, 0.3) is 101 Å². The molecule has 0 unspecified atom stereocenters. The van der Waals surface area contributed by atoms with E-state index in [4.69, 9.17) is 4.74 Å². The van der Waals surface area contributed by atoms with E-state index >= 15 is 0 Å². The molecule has 0 bridgehead atoms. The molecule has 5 aromatic heterocycles. The molecule has 4 aliphatic heterocycles. The first-order valence-corrected chi connectivity index (χ1v) is 43.2. The summed E-state index contributed by atoms with van der Waals surface area (Å²) in [5, 5.41) is 12.5. The van der Waals surface area contributed by atoms with Crippen LogP contribution in [-0.2, 0) is 0 Å². The lowest BCUT2D eigenvalue weighted by Crippen LogP contribution is -2.64. The Bertz CT molecular complexity index is 7940. The molecule has 0 atom stereocenters. The van der Waals surface area contributed by atoms with E-state index in [1.165, 1.54) is 123 Å². The molecule has 534 valence electrons. The van der Waals surface area contributed by atoms with Crippen molar-refractivity contribution in [1.82, 2.24) is 0 Å². The lowest BCUT2D eigenvalue weighted by atomic mass is 9.30. The molecule has 0 amide bonds. The van der Waals surface area contributed by atoms with Crippen molar-refractivity contribution >= 4 is 289 Å². The molecule has 0 radical (unpaired) electrons. The molecule has 4 aliphatic rings. The number of nitrogens with zero attached hydrogens (tertiary/aromatic N) is 5. The van der Waals surface area contributed by atoms with Crippen molar-refractivity contribution in [3.63, 3.8) is 0 Å². The van der Waals surface area contributed by atoms with Crippen LogP contribution in [-0.4, -0.2) is 13.4 Å². The highest BCUT2D eigenvalue weighted by Gasteiger charge is 2.49. The fourth-order valence-corrected chi connectivity index (χ4v) is 25.7. The van der Waals surface area contributed by atoms with Crippen molar-refractivity contribution in [2.45, 2.75) is 0 Å². The minimum absolute atomic E-state index is 0.261. The predicted molar refractivity (Wildman–Crippen MR) is 500 cm³/mol. The third-order valence-corrected chi connectivity index (χ3v) is 30.5. The molecule has 115 heavy (non-hydrogen) atoms. The van der Waals surface area contributed by atoms with Gasteiger partial charge in [0.05, 0.1) is 63.3 Å². The van der Waals surface area contributed by atoms with Crippen LogP contribution in [0.3, 0.4) is 0 Å². The fourth-order valence-electron chi connectivity index (χ4n) is 19.7. The van der Waals surface area contributed by atoms with Crippen LogP contribution in [0.15, 0.2) is 358 Å². The summed E-state index contributed by atoms with van der Waals surface area (Å²) in [6, 6.07) is 135. The Morgan fingerprint density at radius 3 is 0.965 bits per heavy atom. The third kappa shape index (κ3) is 9.26. The highest BCUT2D eigenvalue weighted by Crippen LogP contribution is 2.57. The molecule has 17 aromatic carbocycles. The van der Waals surface area contributed by atoms with Crippen LogP contribution in [0.4, 0.5) is 85.3 Å². The van der Waals surface area contributed by atoms with Crippen molar-refractivity contribution in [2.75, 3.05) is 24.5 Å². The van der Waals surface area contributed by atoms with Crippen molar-refractivity contribution < 1.29 is 4.74 Å². The number of hydrogen-bond donors (Lipinski definition) is 0. The summed E-state index contributed by atoms with van der Waals surface area (Å²) in [7, 11) is 0. The van der Waals surface area contributed by atoms with Crippen molar-refractivity contribution in [3.05, 3.63) is 358 Å². The lowest BCUT2D eigenvalue weighted by molar-refractivity contribution is 0.488. The maximum absolute atomic E-state index is 8.20. The van der Waals surface area contributed by atoms with Crippen LogP contribution in [0.5, 0.6) is 11.5 Å². The molecule has 0 saturated carbocycles. The van der Waals surface area contributed by atoms with Gasteiger partial charge in [0.15, 0.2) is 0 Å². The molecular formula is C102H59B2N5OS5. The summed E-state index contributed by atoms with van der Waals surface area (Å²) in [6.07, 6.45) is 0. The van der Waals surface area contributed by atoms with Gasteiger partial charge in [0.25, 0.3) is 13.4 Å². The molecule has 9 heterocycles. The molecule has 0 saturated heterocycles. The Morgan fingerprint density at radius 2 is 0.530 bits per heavy atom. The van der Waals surface area contributed by atoms with E-state index in [1.807, 2.05) is 56.7 Å². The van der Waals surface area contributed by atoms with Gasteiger partial charge < -0.3 is 29.2 Å². The molecule has 0 N–H and O–H groups in total. The first kappa shape index (κ1) is 64.3. The topological polar surface area (TPSA) is 25.4 Å². The zero-order chi connectivity index (χ0) is 74.8. The average Bonchev–Trinajstić information content (AvgIpc) is 1.34. The molecular weight excluding hydrogens is 1490 g/mol. The maximum Gasteiger partial charge on any atom is 0.256 e. The number of hydrogen-bond acceptors (Lipinski definition) is 11. The normalized spacial score (nSPS) is 13.2. The monoisotopic (exact) mass is 1550 g/mol. The van der Waals surface area contributed by atoms with Crippen molar-refractivity contribution in [2.24, 2.45) is 0 Å². The Kier molecular flexibility index (Phi) is 13.8. The van der Waals surface area contributed by atoms with Gasteiger partial charge in [-0.25, -0.2) is 0 Å². The number of anilines is 15. The van der Waals surface area contributed by atoms with E-state index in [1.54, 1.807) is 0 Å². The highest BCUT2D eigenvalue weighted by molar-refractivity contribution is 7.28. The van der Waals surface area contributed by atoms with Crippen LogP contribution < -0.4 is 62.0 Å². The molecule has 0 fully saturated rings. The number of para-hydroxylation sites is 4. The predicted octanol–water partition coefficient (Wildman–Crippen LogP) is 27.0. The van der Waals surface area contributed by atoms with Gasteiger partial charge in [0.2, 0.25) is 0 Å². The summed E-state index contributed by atoms with van der Waals surface area (Å²) in [5.74, 6) is 1.64. The molecule has 0 aliphatic carbocycles. The standard InChI is InChI=1S/C102H59B2N5OS5/c1-3-26-60(27-4-1)105(80-44-21-35-69-64-30-7-16-49-91(64)111-98(69)80)62-54-86-96-87(55-62)109(84-48-25-39-73-68-34-11-20-53-95(68)115-102(73)84)85-59-89-77(58-76(85)103(96)74-40-12-14-42-78(74)107(86)82-46-23-37-71-66-32-9-18-51-93(66)113-100(71)82)104-75-41-13-15-43-79(75)108(83-47-24-38-72-67-33-10-19-52-94(67)114-101(72)83)88-56-63(57-90(110-89)97(88)104)106(61-28-5-2-6-29-61)81-45-22-36-70-65-31-8-17-50-92(65)112-99(70)81/h1-59H. The molecule has 26 rings (SSSR count). The highest BCUT2D eigenvalue weighted by atomic mass is 32.1. The summed E-state index contributed by atoms with van der Waals surface area (Å²) < 4.78 is 20.7. The van der Waals surface area contributed by atoms with E-state index < -0.39 is 0 Å². The lowest BCUT2D eigenvalue weighted by Gasteiger charge is -2.46. The summed E-state index contributed by atoms with van der Waals surface area (Å²) in [5.41, 5.74) is 23.6. The van der Waals surface area contributed by atoms with Gasteiger partial charge >= 0.3 is 0 Å². The Labute approximate surface area is 682 Å². The summed E-state index contributed by atoms with van der Waals surface area (Å²) in [6.45, 7) is -0.527. The maximum atomic E-state index is 8.20. The smallest absolute Gasteiger partial charge is 0.256 e. The molecule has 13 heteroatoms. The summed E-state index contributed by atoms with van der Waals surface area (Å²) >= 11 is 9.38. The molecule has 6 nitrogen and oxygen atoms in total. The number of rotatable bonds is 9.